The lowest BCUT2D eigenvalue weighted by Gasteiger charge is -2.19. The molecule has 0 aliphatic heterocycles. The molecule has 0 saturated carbocycles. The average molecular weight is 264 g/mol. The number of rotatable bonds is 5. The highest BCUT2D eigenvalue weighted by atomic mass is 19.4. The van der Waals surface area contributed by atoms with Crippen LogP contribution in [-0.4, -0.2) is 24.7 Å². The molecule has 6 heteroatoms. The van der Waals surface area contributed by atoms with Crippen LogP contribution < -0.4 is 5.73 Å². The molecule has 2 nitrogen and oxygen atoms in total. The molecule has 1 aromatic rings. The van der Waals surface area contributed by atoms with Crippen LogP contribution in [0.1, 0.15) is 17.5 Å². The van der Waals surface area contributed by atoms with E-state index in [1.807, 2.05) is 0 Å². The molecule has 2 N–H and O–H groups in total. The summed E-state index contributed by atoms with van der Waals surface area (Å²) in [6, 6.07) is 4.15. The van der Waals surface area contributed by atoms with Crippen molar-refractivity contribution in [2.45, 2.75) is 25.7 Å². The third-order valence-electron chi connectivity index (χ3n) is 2.61. The van der Waals surface area contributed by atoms with Crippen LogP contribution in [-0.2, 0) is 13.1 Å². The maximum atomic E-state index is 13.0. The van der Waals surface area contributed by atoms with Gasteiger partial charge < -0.3 is 10.6 Å². The van der Waals surface area contributed by atoms with Crippen LogP contribution in [0.15, 0.2) is 18.2 Å². The third-order valence-corrected chi connectivity index (χ3v) is 2.61. The fraction of sp³-hybridized carbons (Fsp3) is 0.500. The van der Waals surface area contributed by atoms with Crippen LogP contribution in [0.3, 0.4) is 0 Å². The summed E-state index contributed by atoms with van der Waals surface area (Å²) in [6.07, 6.45) is -5.02. The van der Waals surface area contributed by atoms with Gasteiger partial charge in [-0.1, -0.05) is 6.07 Å². The molecule has 0 atom stereocenters. The van der Waals surface area contributed by atoms with E-state index in [2.05, 4.69) is 0 Å². The van der Waals surface area contributed by atoms with Gasteiger partial charge in [-0.3, -0.25) is 0 Å². The number of halogens is 4. The Balaban J connectivity index is 2.61. The minimum atomic E-state index is -4.16. The molecular weight excluding hydrogens is 248 g/mol. The Morgan fingerprint density at radius 1 is 1.22 bits per heavy atom. The van der Waals surface area contributed by atoms with Crippen molar-refractivity contribution in [2.24, 2.45) is 5.73 Å². The monoisotopic (exact) mass is 264 g/mol. The van der Waals surface area contributed by atoms with Gasteiger partial charge in [-0.25, -0.2) is 4.39 Å². The SMILES string of the molecule is CN(CCC(F)(F)F)Cc1ccc(F)cc1CN. The molecule has 0 spiro atoms. The Hall–Kier alpha value is -1.14. The van der Waals surface area contributed by atoms with Crippen molar-refractivity contribution >= 4 is 0 Å². The van der Waals surface area contributed by atoms with Crippen LogP contribution >= 0.6 is 0 Å². The zero-order valence-corrected chi connectivity index (χ0v) is 10.1. The van der Waals surface area contributed by atoms with Gasteiger partial charge >= 0.3 is 6.18 Å². The van der Waals surface area contributed by atoms with Gasteiger partial charge in [0.05, 0.1) is 6.42 Å². The normalized spacial score (nSPS) is 12.2. The molecule has 0 unspecified atom stereocenters. The van der Waals surface area contributed by atoms with Gasteiger partial charge in [-0.05, 0) is 30.3 Å². The molecule has 0 bridgehead atoms. The number of hydrogen-bond acceptors (Lipinski definition) is 2. The molecule has 0 fully saturated rings. The predicted octanol–water partition coefficient (Wildman–Crippen LogP) is 2.67. The van der Waals surface area contributed by atoms with Crippen molar-refractivity contribution < 1.29 is 17.6 Å². The van der Waals surface area contributed by atoms with Crippen molar-refractivity contribution in [3.05, 3.63) is 35.1 Å². The summed E-state index contributed by atoms with van der Waals surface area (Å²) in [5.41, 5.74) is 6.85. The summed E-state index contributed by atoms with van der Waals surface area (Å²) in [5, 5.41) is 0. The lowest BCUT2D eigenvalue weighted by atomic mass is 10.1. The average Bonchev–Trinajstić information content (AvgIpc) is 2.28. The summed E-state index contributed by atoms with van der Waals surface area (Å²) >= 11 is 0. The van der Waals surface area contributed by atoms with E-state index in [9.17, 15) is 17.6 Å². The minimum Gasteiger partial charge on any atom is -0.326 e. The largest absolute Gasteiger partial charge is 0.390 e. The molecule has 0 saturated heterocycles. The molecule has 0 aliphatic rings. The zero-order valence-electron chi connectivity index (χ0n) is 10.1. The minimum absolute atomic E-state index is 0.0924. The smallest absolute Gasteiger partial charge is 0.326 e. The summed E-state index contributed by atoms with van der Waals surface area (Å²) < 4.78 is 49.1. The second kappa shape index (κ2) is 6.15. The predicted molar refractivity (Wildman–Crippen MR) is 61.3 cm³/mol. The molecule has 0 amide bonds. The van der Waals surface area contributed by atoms with Crippen molar-refractivity contribution in [1.82, 2.24) is 4.90 Å². The van der Waals surface area contributed by atoms with Crippen molar-refractivity contribution in [2.75, 3.05) is 13.6 Å². The van der Waals surface area contributed by atoms with E-state index < -0.39 is 18.4 Å². The van der Waals surface area contributed by atoms with Gasteiger partial charge in [-0.15, -0.1) is 0 Å². The second-order valence-corrected chi connectivity index (χ2v) is 4.22. The second-order valence-electron chi connectivity index (χ2n) is 4.22. The number of alkyl halides is 3. The van der Waals surface area contributed by atoms with Crippen LogP contribution in [0.2, 0.25) is 0 Å². The van der Waals surface area contributed by atoms with E-state index in [0.717, 1.165) is 5.56 Å². The molecule has 0 heterocycles. The summed E-state index contributed by atoms with van der Waals surface area (Å²) in [7, 11) is 1.59. The molecule has 0 radical (unpaired) electrons. The first-order valence-corrected chi connectivity index (χ1v) is 5.54. The van der Waals surface area contributed by atoms with Crippen molar-refractivity contribution in [1.29, 1.82) is 0 Å². The zero-order chi connectivity index (χ0) is 13.8. The highest BCUT2D eigenvalue weighted by Gasteiger charge is 2.27. The highest BCUT2D eigenvalue weighted by Crippen LogP contribution is 2.20. The maximum Gasteiger partial charge on any atom is 0.390 e. The van der Waals surface area contributed by atoms with Crippen LogP contribution in [0.5, 0.6) is 0 Å². The number of nitrogens with zero attached hydrogens (tertiary/aromatic N) is 1. The first-order valence-electron chi connectivity index (χ1n) is 5.54. The standard InChI is InChI=1S/C12H16F4N2/c1-18(5-4-12(14,15)16)8-9-2-3-11(13)6-10(9)7-17/h2-3,6H,4-5,7-8,17H2,1H3. The van der Waals surface area contributed by atoms with Crippen LogP contribution in [0.4, 0.5) is 17.6 Å². The highest BCUT2D eigenvalue weighted by molar-refractivity contribution is 5.27. The topological polar surface area (TPSA) is 29.3 Å². The maximum absolute atomic E-state index is 13.0. The number of nitrogens with two attached hydrogens (primary N) is 1. The summed E-state index contributed by atoms with van der Waals surface area (Å²) in [6.45, 7) is 0.397. The Kier molecular flexibility index (Phi) is 5.10. The van der Waals surface area contributed by atoms with Gasteiger partial charge in [0.2, 0.25) is 0 Å². The first kappa shape index (κ1) is 14.9. The van der Waals surface area contributed by atoms with Gasteiger partial charge in [0.25, 0.3) is 0 Å². The van der Waals surface area contributed by atoms with Crippen molar-refractivity contribution in [3.63, 3.8) is 0 Å². The fourth-order valence-corrected chi connectivity index (χ4v) is 1.63. The quantitative estimate of drug-likeness (QED) is 0.828. The molecule has 1 rings (SSSR count). The Morgan fingerprint density at radius 2 is 1.89 bits per heavy atom. The van der Waals surface area contributed by atoms with E-state index in [1.54, 1.807) is 18.0 Å². The van der Waals surface area contributed by atoms with Crippen LogP contribution in [0.25, 0.3) is 0 Å². The van der Waals surface area contributed by atoms with E-state index in [1.165, 1.54) is 12.1 Å². The molecule has 1 aromatic carbocycles. The lowest BCUT2D eigenvalue weighted by molar-refractivity contribution is -0.137. The number of benzene rings is 1. The van der Waals surface area contributed by atoms with Crippen molar-refractivity contribution in [3.8, 4) is 0 Å². The fourth-order valence-electron chi connectivity index (χ4n) is 1.63. The first-order chi connectivity index (χ1) is 8.31. The Bertz CT molecular complexity index is 390. The molecule has 0 aliphatic carbocycles. The van der Waals surface area contributed by atoms with E-state index in [4.69, 9.17) is 5.73 Å². The van der Waals surface area contributed by atoms with E-state index in [-0.39, 0.29) is 13.1 Å². The summed E-state index contributed by atoms with van der Waals surface area (Å²) in [4.78, 5) is 1.54. The Labute approximate surface area is 103 Å². The summed E-state index contributed by atoms with van der Waals surface area (Å²) in [5.74, 6) is -0.392. The molecular formula is C12H16F4N2. The number of hydrogen-bond donors (Lipinski definition) is 1. The van der Waals surface area contributed by atoms with Gasteiger partial charge in [0.1, 0.15) is 5.82 Å². The third kappa shape index (κ3) is 5.01. The molecule has 18 heavy (non-hydrogen) atoms. The van der Waals surface area contributed by atoms with E-state index >= 15 is 0 Å². The van der Waals surface area contributed by atoms with Gasteiger partial charge in [0.15, 0.2) is 0 Å². The molecule has 0 aromatic heterocycles. The van der Waals surface area contributed by atoms with Crippen LogP contribution in [0, 0.1) is 5.82 Å². The lowest BCUT2D eigenvalue weighted by Crippen LogP contribution is -2.24. The van der Waals surface area contributed by atoms with Gasteiger partial charge in [-0.2, -0.15) is 13.2 Å². The van der Waals surface area contributed by atoms with E-state index in [0.29, 0.717) is 12.1 Å². The molecule has 102 valence electrons. The van der Waals surface area contributed by atoms with Gasteiger partial charge in [0, 0.05) is 19.6 Å². The Morgan fingerprint density at radius 3 is 2.44 bits per heavy atom.